The molecule has 0 aliphatic heterocycles. The molecule has 3 N–H and O–H groups in total. The molecule has 1 unspecified atom stereocenters. The topological polar surface area (TPSA) is 101 Å². The molecule has 2 amide bonds. The Bertz CT molecular complexity index is 1310. The van der Waals surface area contributed by atoms with Crippen LogP contribution in [0.15, 0.2) is 78.4 Å². The zero-order chi connectivity index (χ0) is 25.7. The highest BCUT2D eigenvalue weighted by atomic mass is 19.4. The van der Waals surface area contributed by atoms with Gasteiger partial charge in [0.25, 0.3) is 0 Å². The van der Waals surface area contributed by atoms with E-state index < -0.39 is 29.6 Å². The molecule has 12 heteroatoms. The predicted octanol–water partition coefficient (Wildman–Crippen LogP) is 5.61. The molecule has 0 saturated carbocycles. The van der Waals surface area contributed by atoms with Crippen LogP contribution in [0, 0.1) is 0 Å². The molecule has 0 spiro atoms. The van der Waals surface area contributed by atoms with E-state index in [9.17, 15) is 22.4 Å². The summed E-state index contributed by atoms with van der Waals surface area (Å²) >= 11 is 0. The van der Waals surface area contributed by atoms with Crippen molar-refractivity contribution in [3.8, 4) is 22.9 Å². The van der Waals surface area contributed by atoms with Crippen molar-refractivity contribution in [3.05, 3.63) is 78.4 Å². The van der Waals surface area contributed by atoms with E-state index in [-0.39, 0.29) is 6.42 Å². The van der Waals surface area contributed by atoms with E-state index in [0.717, 1.165) is 6.08 Å². The molecule has 4 rings (SSSR count). The molecule has 1 aliphatic carbocycles. The quantitative estimate of drug-likeness (QED) is 0.381. The molecule has 3 aromatic rings. The van der Waals surface area contributed by atoms with Crippen LogP contribution in [-0.2, 0) is 0 Å². The predicted molar refractivity (Wildman–Crippen MR) is 125 cm³/mol. The third kappa shape index (κ3) is 5.95. The second-order valence-corrected chi connectivity index (χ2v) is 7.57. The van der Waals surface area contributed by atoms with Gasteiger partial charge in [0.05, 0.1) is 22.9 Å². The van der Waals surface area contributed by atoms with E-state index in [2.05, 4.69) is 30.9 Å². The Kier molecular flexibility index (Phi) is 7.13. The van der Waals surface area contributed by atoms with Crippen molar-refractivity contribution in [1.82, 2.24) is 20.3 Å². The van der Waals surface area contributed by atoms with Gasteiger partial charge in [-0.25, -0.2) is 24.1 Å². The van der Waals surface area contributed by atoms with Crippen molar-refractivity contribution >= 4 is 17.7 Å². The summed E-state index contributed by atoms with van der Waals surface area (Å²) in [6.45, 7) is 0. The Hall–Kier alpha value is -4.48. The number of hydrogen-bond acceptors (Lipinski definition) is 6. The lowest BCUT2D eigenvalue weighted by Crippen LogP contribution is -2.38. The van der Waals surface area contributed by atoms with E-state index >= 15 is 0 Å². The van der Waals surface area contributed by atoms with Gasteiger partial charge in [-0.1, -0.05) is 0 Å². The standard InChI is InChI=1S/C24H20F4N6O2/c1-29-22-31-12-10-20(34-22)17-3-2-11-30-21(17)36-16-7-4-14(5-8-16)32-23(35)33-15-6-9-19(25)18(13-15)24(26,27)28/h2-5,7-13,15H,6H2,1H3,(H,29,31,34)(H2,32,33,35). The molecule has 2 aromatic heterocycles. The first-order valence-electron chi connectivity index (χ1n) is 10.7. The Morgan fingerprint density at radius 2 is 1.86 bits per heavy atom. The lowest BCUT2D eigenvalue weighted by atomic mass is 10.0. The molecule has 0 bridgehead atoms. The largest absolute Gasteiger partial charge is 0.438 e. The minimum Gasteiger partial charge on any atom is -0.438 e. The number of anilines is 2. The summed E-state index contributed by atoms with van der Waals surface area (Å²) in [6, 6.07) is 9.82. The number of rotatable bonds is 6. The Morgan fingerprint density at radius 1 is 1.08 bits per heavy atom. The summed E-state index contributed by atoms with van der Waals surface area (Å²) in [5.74, 6) is -0.179. The van der Waals surface area contributed by atoms with Crippen LogP contribution >= 0.6 is 0 Å². The summed E-state index contributed by atoms with van der Waals surface area (Å²) in [5, 5.41) is 7.78. The molecule has 1 atom stereocenters. The zero-order valence-electron chi connectivity index (χ0n) is 18.8. The summed E-state index contributed by atoms with van der Waals surface area (Å²) in [6.07, 6.45) is -0.301. The molecular formula is C24H20F4N6O2. The van der Waals surface area contributed by atoms with Gasteiger partial charge in [0.2, 0.25) is 11.8 Å². The summed E-state index contributed by atoms with van der Waals surface area (Å²) in [7, 11) is 1.71. The van der Waals surface area contributed by atoms with Gasteiger partial charge in [0.1, 0.15) is 11.6 Å². The second kappa shape index (κ2) is 10.4. The minimum absolute atomic E-state index is 0.0971. The summed E-state index contributed by atoms with van der Waals surface area (Å²) in [4.78, 5) is 25.0. The van der Waals surface area contributed by atoms with Crippen LogP contribution in [0.4, 0.5) is 34.0 Å². The van der Waals surface area contributed by atoms with Crippen LogP contribution in [0.2, 0.25) is 0 Å². The number of allylic oxidation sites excluding steroid dienone is 2. The fourth-order valence-electron chi connectivity index (χ4n) is 3.37. The average Bonchev–Trinajstić information content (AvgIpc) is 2.86. The molecule has 186 valence electrons. The lowest BCUT2D eigenvalue weighted by molar-refractivity contribution is -0.0917. The maximum absolute atomic E-state index is 13.5. The highest BCUT2D eigenvalue weighted by molar-refractivity contribution is 5.89. The number of nitrogens with one attached hydrogen (secondary N) is 3. The minimum atomic E-state index is -4.84. The molecule has 2 heterocycles. The number of alkyl halides is 3. The number of hydrogen-bond donors (Lipinski definition) is 3. The Morgan fingerprint density at radius 3 is 2.58 bits per heavy atom. The van der Waals surface area contributed by atoms with Gasteiger partial charge in [-0.15, -0.1) is 0 Å². The van der Waals surface area contributed by atoms with Gasteiger partial charge in [0, 0.05) is 25.1 Å². The van der Waals surface area contributed by atoms with Crippen LogP contribution < -0.4 is 20.7 Å². The smallest absolute Gasteiger partial charge is 0.418 e. The normalized spacial score (nSPS) is 15.4. The molecule has 0 radical (unpaired) electrons. The van der Waals surface area contributed by atoms with Crippen LogP contribution in [-0.4, -0.2) is 40.2 Å². The number of benzene rings is 1. The average molecular weight is 500 g/mol. The first kappa shape index (κ1) is 24.6. The number of halogens is 4. The van der Waals surface area contributed by atoms with Gasteiger partial charge in [-0.05, 0) is 61.0 Å². The van der Waals surface area contributed by atoms with Gasteiger partial charge in [0.15, 0.2) is 0 Å². The number of nitrogens with zero attached hydrogens (tertiary/aromatic N) is 3. The number of aromatic nitrogens is 3. The van der Waals surface area contributed by atoms with Crippen LogP contribution in [0.3, 0.4) is 0 Å². The van der Waals surface area contributed by atoms with E-state index in [1.54, 1.807) is 61.9 Å². The summed E-state index contributed by atoms with van der Waals surface area (Å²) in [5.41, 5.74) is 0.210. The molecule has 0 saturated heterocycles. The van der Waals surface area contributed by atoms with Gasteiger partial charge < -0.3 is 20.7 Å². The van der Waals surface area contributed by atoms with E-state index in [1.165, 1.54) is 0 Å². The third-order valence-corrected chi connectivity index (χ3v) is 5.05. The van der Waals surface area contributed by atoms with Crippen molar-refractivity contribution in [1.29, 1.82) is 0 Å². The van der Waals surface area contributed by atoms with Gasteiger partial charge in [-0.3, -0.25) is 0 Å². The molecule has 1 aliphatic rings. The number of ether oxygens (including phenoxy) is 1. The van der Waals surface area contributed by atoms with Gasteiger partial charge in [-0.2, -0.15) is 13.2 Å². The molecule has 36 heavy (non-hydrogen) atoms. The molecule has 8 nitrogen and oxygen atoms in total. The van der Waals surface area contributed by atoms with Crippen molar-refractivity contribution in [2.75, 3.05) is 17.7 Å². The SMILES string of the molecule is CNc1nccc(-c2cccnc2Oc2ccc(NC(=O)NC3C=C(C(F)(F)F)C(F)=CC3)cc2)n1. The number of urea groups is 1. The fourth-order valence-corrected chi connectivity index (χ4v) is 3.37. The van der Waals surface area contributed by atoms with Crippen LogP contribution in [0.25, 0.3) is 11.3 Å². The Balaban J connectivity index is 1.40. The summed E-state index contributed by atoms with van der Waals surface area (Å²) < 4.78 is 58.1. The van der Waals surface area contributed by atoms with Crippen molar-refractivity contribution < 1.29 is 27.1 Å². The highest BCUT2D eigenvalue weighted by Crippen LogP contribution is 2.35. The highest BCUT2D eigenvalue weighted by Gasteiger charge is 2.38. The number of carbonyl (C=O) groups excluding carboxylic acids is 1. The van der Waals surface area contributed by atoms with Crippen molar-refractivity contribution in [3.63, 3.8) is 0 Å². The number of amides is 2. The monoisotopic (exact) mass is 500 g/mol. The maximum atomic E-state index is 13.5. The second-order valence-electron chi connectivity index (χ2n) is 7.57. The number of pyridine rings is 1. The first-order valence-corrected chi connectivity index (χ1v) is 10.7. The third-order valence-electron chi connectivity index (χ3n) is 5.05. The lowest BCUT2D eigenvalue weighted by Gasteiger charge is -2.21. The molecule has 1 aromatic carbocycles. The fraction of sp³-hybridized carbons (Fsp3) is 0.167. The zero-order valence-corrected chi connectivity index (χ0v) is 18.8. The molecule has 0 fully saturated rings. The van der Waals surface area contributed by atoms with Crippen LogP contribution in [0.5, 0.6) is 11.6 Å². The van der Waals surface area contributed by atoms with Gasteiger partial charge >= 0.3 is 12.2 Å². The molecular weight excluding hydrogens is 480 g/mol. The number of carbonyl (C=O) groups is 1. The Labute approximate surface area is 203 Å². The van der Waals surface area contributed by atoms with E-state index in [0.29, 0.717) is 40.6 Å². The van der Waals surface area contributed by atoms with E-state index in [1.807, 2.05) is 0 Å². The maximum Gasteiger partial charge on any atom is 0.418 e. The van der Waals surface area contributed by atoms with E-state index in [4.69, 9.17) is 4.74 Å². The van der Waals surface area contributed by atoms with Crippen molar-refractivity contribution in [2.24, 2.45) is 0 Å². The van der Waals surface area contributed by atoms with Crippen LogP contribution in [0.1, 0.15) is 6.42 Å². The first-order chi connectivity index (χ1) is 17.2. The van der Waals surface area contributed by atoms with Crippen molar-refractivity contribution in [2.45, 2.75) is 18.6 Å².